The van der Waals surface area contributed by atoms with Crippen molar-refractivity contribution in [2.45, 2.75) is 68.6 Å². The molecule has 1 unspecified atom stereocenters. The van der Waals surface area contributed by atoms with Crippen molar-refractivity contribution in [3.05, 3.63) is 83.4 Å². The van der Waals surface area contributed by atoms with Gasteiger partial charge in [-0.15, -0.1) is 0 Å². The lowest BCUT2D eigenvalue weighted by atomic mass is 10.1. The fourth-order valence-corrected chi connectivity index (χ4v) is 6.98. The summed E-state index contributed by atoms with van der Waals surface area (Å²) in [5, 5.41) is -0.120. The molecule has 38 heavy (non-hydrogen) atoms. The Morgan fingerprint density at radius 3 is 2.47 bits per heavy atom. The molecule has 0 bridgehead atoms. The fourth-order valence-electron chi connectivity index (χ4n) is 5.48. The minimum atomic E-state index is -3.98. The highest BCUT2D eigenvalue weighted by molar-refractivity contribution is 7.90. The molecule has 1 aromatic heterocycles. The maximum Gasteiger partial charge on any atom is 0.228 e. The van der Waals surface area contributed by atoms with E-state index >= 15 is 0 Å². The van der Waals surface area contributed by atoms with Gasteiger partial charge in [0, 0.05) is 24.6 Å². The molecule has 1 saturated carbocycles. The van der Waals surface area contributed by atoms with Crippen LogP contribution in [0.5, 0.6) is 0 Å². The molecular weight excluding hydrogens is 505 g/mol. The topological polar surface area (TPSA) is 81.5 Å². The smallest absolute Gasteiger partial charge is 0.228 e. The van der Waals surface area contributed by atoms with E-state index in [9.17, 15) is 17.6 Å². The van der Waals surface area contributed by atoms with Crippen LogP contribution < -0.4 is 0 Å². The summed E-state index contributed by atoms with van der Waals surface area (Å²) in [6, 6.07) is 15.4. The average molecular weight is 540 g/mol. The van der Waals surface area contributed by atoms with Crippen molar-refractivity contribution in [3.8, 4) is 0 Å². The van der Waals surface area contributed by atoms with E-state index in [2.05, 4.69) is 4.98 Å². The summed E-state index contributed by atoms with van der Waals surface area (Å²) in [4.78, 5) is 19.7. The van der Waals surface area contributed by atoms with Crippen LogP contribution in [-0.4, -0.2) is 48.0 Å². The van der Waals surface area contributed by atoms with Gasteiger partial charge in [0.05, 0.1) is 36.8 Å². The van der Waals surface area contributed by atoms with E-state index in [1.807, 2.05) is 35.2 Å². The van der Waals surface area contributed by atoms with Gasteiger partial charge in [-0.05, 0) is 37.3 Å². The predicted molar refractivity (Wildman–Crippen MR) is 141 cm³/mol. The lowest BCUT2D eigenvalue weighted by Crippen LogP contribution is -2.40. The Labute approximate surface area is 223 Å². The van der Waals surface area contributed by atoms with E-state index in [1.165, 1.54) is 18.2 Å². The molecule has 5 rings (SSSR count). The van der Waals surface area contributed by atoms with Crippen LogP contribution in [0, 0.1) is 11.7 Å². The van der Waals surface area contributed by atoms with Gasteiger partial charge >= 0.3 is 0 Å². The first-order valence-electron chi connectivity index (χ1n) is 13.4. The van der Waals surface area contributed by atoms with Gasteiger partial charge < -0.3 is 14.2 Å². The van der Waals surface area contributed by atoms with Crippen LogP contribution in [0.3, 0.4) is 0 Å². The van der Waals surface area contributed by atoms with Crippen molar-refractivity contribution in [1.29, 1.82) is 0 Å². The number of hydrogen-bond acceptors (Lipinski definition) is 5. The van der Waals surface area contributed by atoms with Crippen molar-refractivity contribution in [2.75, 3.05) is 13.2 Å². The van der Waals surface area contributed by atoms with Gasteiger partial charge in [0.15, 0.2) is 0 Å². The second-order valence-corrected chi connectivity index (χ2v) is 12.2. The zero-order valence-electron chi connectivity index (χ0n) is 21.5. The largest absolute Gasteiger partial charge is 0.376 e. The van der Waals surface area contributed by atoms with Gasteiger partial charge in [0.25, 0.3) is 0 Å². The maximum absolute atomic E-state index is 14.3. The van der Waals surface area contributed by atoms with Gasteiger partial charge in [-0.1, -0.05) is 61.4 Å². The zero-order chi connectivity index (χ0) is 26.5. The molecular formula is C29H34FN3O4S. The number of aromatic nitrogens is 2. The minimum absolute atomic E-state index is 0.00819. The molecule has 1 amide bonds. The van der Waals surface area contributed by atoms with Crippen LogP contribution >= 0.6 is 0 Å². The number of ether oxygens (including phenoxy) is 1. The van der Waals surface area contributed by atoms with E-state index in [0.29, 0.717) is 18.8 Å². The highest BCUT2D eigenvalue weighted by atomic mass is 32.2. The molecule has 2 aromatic carbocycles. The lowest BCUT2D eigenvalue weighted by Gasteiger charge is -2.28. The molecule has 0 radical (unpaired) electrons. The van der Waals surface area contributed by atoms with Gasteiger partial charge in [0.1, 0.15) is 5.82 Å². The number of benzene rings is 2. The number of halogens is 1. The Balaban J connectivity index is 1.48. The molecule has 202 valence electrons. The number of rotatable bonds is 10. The van der Waals surface area contributed by atoms with Crippen molar-refractivity contribution < 1.29 is 22.3 Å². The quantitative estimate of drug-likeness (QED) is 0.372. The van der Waals surface area contributed by atoms with E-state index < -0.39 is 21.4 Å². The minimum Gasteiger partial charge on any atom is -0.376 e. The Kier molecular flexibility index (Phi) is 8.24. The number of amides is 1. The van der Waals surface area contributed by atoms with E-state index in [-0.39, 0.29) is 41.7 Å². The van der Waals surface area contributed by atoms with E-state index in [0.717, 1.165) is 44.1 Å². The molecule has 1 saturated heterocycles. The molecule has 1 aliphatic carbocycles. The average Bonchev–Trinajstić information content (AvgIpc) is 3.69. The monoisotopic (exact) mass is 539 g/mol. The number of imidazole rings is 1. The molecule has 2 heterocycles. The van der Waals surface area contributed by atoms with Crippen molar-refractivity contribution in [2.24, 2.45) is 5.92 Å². The maximum atomic E-state index is 14.3. The number of hydrogen-bond donors (Lipinski definition) is 0. The number of carbonyl (C=O) groups excluding carboxylic acids is 1. The third kappa shape index (κ3) is 6.15. The Morgan fingerprint density at radius 2 is 1.76 bits per heavy atom. The van der Waals surface area contributed by atoms with Gasteiger partial charge in [-0.3, -0.25) is 4.79 Å². The van der Waals surface area contributed by atoms with Crippen molar-refractivity contribution >= 4 is 15.7 Å². The summed E-state index contributed by atoms with van der Waals surface area (Å²) in [5.41, 5.74) is 1.63. The van der Waals surface area contributed by atoms with Crippen molar-refractivity contribution in [1.82, 2.24) is 14.5 Å². The SMILES string of the molecule is O=C(C1CCCC1)N(Cc1cnc(S(=O)(=O)Cc2ccccc2F)n1Cc1ccccc1)CC1CCCO1. The molecule has 7 nitrogen and oxygen atoms in total. The van der Waals surface area contributed by atoms with Crippen LogP contribution in [0.1, 0.15) is 55.3 Å². The summed E-state index contributed by atoms with van der Waals surface area (Å²) in [6.45, 7) is 1.68. The first-order chi connectivity index (χ1) is 18.4. The fraction of sp³-hybridized carbons (Fsp3) is 0.448. The molecule has 3 aromatic rings. The van der Waals surface area contributed by atoms with Gasteiger partial charge in [-0.25, -0.2) is 17.8 Å². The third-order valence-corrected chi connectivity index (χ3v) is 9.06. The summed E-state index contributed by atoms with van der Waals surface area (Å²) in [6.07, 6.45) is 7.26. The molecule has 9 heteroatoms. The van der Waals surface area contributed by atoms with Crippen LogP contribution in [0.25, 0.3) is 0 Å². The molecule has 0 N–H and O–H groups in total. The Bertz CT molecular complexity index is 1350. The second kappa shape index (κ2) is 11.8. The second-order valence-electron chi connectivity index (χ2n) is 10.3. The Hall–Kier alpha value is -3.04. The predicted octanol–water partition coefficient (Wildman–Crippen LogP) is 4.74. The van der Waals surface area contributed by atoms with Crippen LogP contribution in [-0.2, 0) is 38.2 Å². The highest BCUT2D eigenvalue weighted by Crippen LogP contribution is 2.29. The van der Waals surface area contributed by atoms with Crippen LogP contribution in [0.15, 0.2) is 66.0 Å². The number of carbonyl (C=O) groups is 1. The molecule has 0 spiro atoms. The van der Waals surface area contributed by atoms with E-state index in [4.69, 9.17) is 4.74 Å². The van der Waals surface area contributed by atoms with Crippen molar-refractivity contribution in [3.63, 3.8) is 0 Å². The molecule has 2 aliphatic rings. The van der Waals surface area contributed by atoms with Crippen LogP contribution in [0.2, 0.25) is 0 Å². The molecule has 1 atom stereocenters. The standard InChI is InChI=1S/C29H34FN3O4S/c30-27-15-7-6-13-24(27)21-38(35,36)29-31-17-25(33(29)18-22-9-2-1-3-10-22)19-32(20-26-14-8-16-37-26)28(34)23-11-4-5-12-23/h1-3,6-7,9-10,13,15,17,23,26H,4-5,8,11-12,14,16,18-21H2. The van der Waals surface area contributed by atoms with E-state index in [1.54, 1.807) is 16.8 Å². The third-order valence-electron chi connectivity index (χ3n) is 7.48. The molecule has 2 fully saturated rings. The first-order valence-corrected chi connectivity index (χ1v) is 15.0. The molecule has 1 aliphatic heterocycles. The summed E-state index contributed by atoms with van der Waals surface area (Å²) in [7, 11) is -3.98. The normalized spacial score (nSPS) is 18.2. The van der Waals surface area contributed by atoms with Gasteiger partial charge in [0.2, 0.25) is 20.9 Å². The summed E-state index contributed by atoms with van der Waals surface area (Å²) >= 11 is 0. The van der Waals surface area contributed by atoms with Gasteiger partial charge in [-0.2, -0.15) is 0 Å². The zero-order valence-corrected chi connectivity index (χ0v) is 22.3. The first kappa shape index (κ1) is 26.6. The summed E-state index contributed by atoms with van der Waals surface area (Å²) in [5.74, 6) is -0.972. The highest BCUT2D eigenvalue weighted by Gasteiger charge is 2.32. The Morgan fingerprint density at radius 1 is 1.03 bits per heavy atom. The van der Waals surface area contributed by atoms with Crippen LogP contribution in [0.4, 0.5) is 4.39 Å². The number of sulfone groups is 1. The summed E-state index contributed by atoms with van der Waals surface area (Å²) < 4.78 is 48.9. The number of nitrogens with zero attached hydrogens (tertiary/aromatic N) is 3. The lowest BCUT2D eigenvalue weighted by molar-refractivity contribution is -0.137.